The van der Waals surface area contributed by atoms with Gasteiger partial charge in [0.25, 0.3) is 5.91 Å². The lowest BCUT2D eigenvalue weighted by Gasteiger charge is -2.20. The molecular weight excluding hydrogens is 212 g/mol. The minimum atomic E-state index is -0.857. The van der Waals surface area contributed by atoms with Gasteiger partial charge in [-0.3, -0.25) is 9.59 Å². The molecule has 0 bridgehead atoms. The van der Waals surface area contributed by atoms with Gasteiger partial charge < -0.3 is 20.9 Å². The smallest absolute Gasteiger partial charge is 0.308 e. The lowest BCUT2D eigenvalue weighted by atomic mass is 10.0. The van der Waals surface area contributed by atoms with Crippen molar-refractivity contribution in [1.82, 2.24) is 5.32 Å². The fourth-order valence-electron chi connectivity index (χ4n) is 2.01. The number of hydrogen-bond donors (Lipinski definition) is 3. The fraction of sp³-hybridized carbons (Fsp3) is 0.800. The molecule has 3 unspecified atom stereocenters. The van der Waals surface area contributed by atoms with Crippen molar-refractivity contribution in [2.45, 2.75) is 31.4 Å². The van der Waals surface area contributed by atoms with Gasteiger partial charge in [0, 0.05) is 19.7 Å². The van der Waals surface area contributed by atoms with E-state index in [1.807, 2.05) is 0 Å². The highest BCUT2D eigenvalue weighted by atomic mass is 16.5. The Kier molecular flexibility index (Phi) is 4.70. The number of methoxy groups -OCH3 is 1. The number of nitrogens with two attached hydrogens (primary N) is 1. The van der Waals surface area contributed by atoms with Gasteiger partial charge in [-0.15, -0.1) is 0 Å². The van der Waals surface area contributed by atoms with Gasteiger partial charge in [0.1, 0.15) is 6.10 Å². The summed E-state index contributed by atoms with van der Waals surface area (Å²) in [6.45, 7) is 0.0901. The number of ether oxygens (including phenoxy) is 1. The van der Waals surface area contributed by atoms with Crippen molar-refractivity contribution >= 4 is 11.9 Å². The molecule has 0 aromatic heterocycles. The van der Waals surface area contributed by atoms with Crippen LogP contribution in [0.4, 0.5) is 0 Å². The molecule has 0 aromatic rings. The second kappa shape index (κ2) is 5.81. The van der Waals surface area contributed by atoms with Crippen LogP contribution in [-0.4, -0.2) is 42.8 Å². The summed E-state index contributed by atoms with van der Waals surface area (Å²) in [6, 6.07) is -0.297. The molecule has 6 nitrogen and oxygen atoms in total. The van der Waals surface area contributed by atoms with Gasteiger partial charge in [0.05, 0.1) is 5.92 Å². The molecule has 0 heterocycles. The van der Waals surface area contributed by atoms with Gasteiger partial charge in [-0.05, 0) is 12.8 Å². The lowest BCUT2D eigenvalue weighted by molar-refractivity contribution is -0.142. The first-order valence-electron chi connectivity index (χ1n) is 5.36. The van der Waals surface area contributed by atoms with Crippen LogP contribution < -0.4 is 11.1 Å². The number of carbonyl (C=O) groups excluding carboxylic acids is 1. The number of amides is 1. The molecule has 1 rings (SSSR count). The molecule has 0 aromatic carbocycles. The molecule has 4 N–H and O–H groups in total. The number of carboxylic acid groups (broad SMARTS) is 1. The number of aliphatic carboxylic acids is 1. The van der Waals surface area contributed by atoms with E-state index >= 15 is 0 Å². The Morgan fingerprint density at radius 2 is 2.25 bits per heavy atom. The molecule has 1 aliphatic carbocycles. The Balaban J connectivity index is 2.53. The normalized spacial score (nSPS) is 26.4. The largest absolute Gasteiger partial charge is 0.481 e. The molecule has 0 spiro atoms. The van der Waals surface area contributed by atoms with Crippen LogP contribution >= 0.6 is 0 Å². The standard InChI is InChI=1S/C10H18N2O4/c1-16-8(5-11)9(13)12-7-4-2-3-6(7)10(14)15/h6-8H,2-5,11H2,1H3,(H,12,13)(H,14,15). The maximum Gasteiger partial charge on any atom is 0.308 e. The van der Waals surface area contributed by atoms with E-state index in [0.717, 1.165) is 6.42 Å². The highest BCUT2D eigenvalue weighted by Crippen LogP contribution is 2.25. The molecule has 0 aliphatic heterocycles. The third-order valence-corrected chi connectivity index (χ3v) is 2.95. The monoisotopic (exact) mass is 230 g/mol. The predicted octanol–water partition coefficient (Wildman–Crippen LogP) is -0.670. The number of hydrogen-bond acceptors (Lipinski definition) is 4. The minimum Gasteiger partial charge on any atom is -0.481 e. The first kappa shape index (κ1) is 12.9. The molecule has 1 aliphatic rings. The molecule has 1 amide bonds. The van der Waals surface area contributed by atoms with Crippen molar-refractivity contribution in [2.24, 2.45) is 11.7 Å². The topological polar surface area (TPSA) is 102 Å². The second-order valence-electron chi connectivity index (χ2n) is 3.95. The summed E-state index contributed by atoms with van der Waals surface area (Å²) in [6.07, 6.45) is 1.43. The van der Waals surface area contributed by atoms with E-state index in [1.165, 1.54) is 7.11 Å². The van der Waals surface area contributed by atoms with E-state index in [9.17, 15) is 9.59 Å². The van der Waals surface area contributed by atoms with E-state index in [2.05, 4.69) is 5.32 Å². The molecule has 6 heteroatoms. The lowest BCUT2D eigenvalue weighted by Crippen LogP contribution is -2.47. The summed E-state index contributed by atoms with van der Waals surface area (Å²) >= 11 is 0. The summed E-state index contributed by atoms with van der Waals surface area (Å²) < 4.78 is 4.88. The SMILES string of the molecule is COC(CN)C(=O)NC1CCCC1C(=O)O. The number of rotatable bonds is 5. The predicted molar refractivity (Wildman–Crippen MR) is 56.8 cm³/mol. The van der Waals surface area contributed by atoms with E-state index in [1.54, 1.807) is 0 Å². The van der Waals surface area contributed by atoms with E-state index in [4.69, 9.17) is 15.6 Å². The van der Waals surface area contributed by atoms with E-state index < -0.39 is 18.0 Å². The van der Waals surface area contributed by atoms with Crippen LogP contribution in [0, 0.1) is 5.92 Å². The van der Waals surface area contributed by atoms with Crippen molar-refractivity contribution < 1.29 is 19.4 Å². The number of nitrogens with one attached hydrogen (secondary N) is 1. The zero-order valence-electron chi connectivity index (χ0n) is 9.31. The van der Waals surface area contributed by atoms with Crippen LogP contribution in [0.1, 0.15) is 19.3 Å². The summed E-state index contributed by atoms with van der Waals surface area (Å²) in [4.78, 5) is 22.5. The average Bonchev–Trinajstić information content (AvgIpc) is 2.67. The summed E-state index contributed by atoms with van der Waals surface area (Å²) in [5.74, 6) is -1.67. The molecule has 3 atom stereocenters. The molecule has 0 radical (unpaired) electrons. The van der Waals surface area contributed by atoms with Crippen molar-refractivity contribution in [3.63, 3.8) is 0 Å². The number of carbonyl (C=O) groups is 2. The molecule has 1 saturated carbocycles. The maximum atomic E-state index is 11.6. The highest BCUT2D eigenvalue weighted by Gasteiger charge is 2.34. The van der Waals surface area contributed by atoms with E-state index in [0.29, 0.717) is 12.8 Å². The second-order valence-corrected chi connectivity index (χ2v) is 3.95. The van der Waals surface area contributed by atoms with Crippen LogP contribution in [-0.2, 0) is 14.3 Å². The van der Waals surface area contributed by atoms with Gasteiger partial charge in [-0.2, -0.15) is 0 Å². The van der Waals surface area contributed by atoms with Gasteiger partial charge >= 0.3 is 5.97 Å². The van der Waals surface area contributed by atoms with Gasteiger partial charge in [-0.1, -0.05) is 6.42 Å². The van der Waals surface area contributed by atoms with Crippen molar-refractivity contribution in [3.8, 4) is 0 Å². The highest BCUT2D eigenvalue weighted by molar-refractivity contribution is 5.82. The van der Waals surface area contributed by atoms with Crippen LogP contribution in [0.2, 0.25) is 0 Å². The maximum absolute atomic E-state index is 11.6. The third-order valence-electron chi connectivity index (χ3n) is 2.95. The van der Waals surface area contributed by atoms with Gasteiger partial charge in [0.15, 0.2) is 0 Å². The Labute approximate surface area is 94.1 Å². The molecule has 0 saturated heterocycles. The molecular formula is C10H18N2O4. The summed E-state index contributed by atoms with van der Waals surface area (Å²) in [7, 11) is 1.40. The average molecular weight is 230 g/mol. The molecule has 92 valence electrons. The first-order chi connectivity index (χ1) is 7.60. The van der Waals surface area contributed by atoms with Crippen molar-refractivity contribution in [3.05, 3.63) is 0 Å². The minimum absolute atomic E-state index is 0.0901. The van der Waals surface area contributed by atoms with Crippen molar-refractivity contribution in [1.29, 1.82) is 0 Å². The third kappa shape index (κ3) is 2.93. The van der Waals surface area contributed by atoms with Gasteiger partial charge in [0.2, 0.25) is 0 Å². The Bertz CT molecular complexity index is 266. The first-order valence-corrected chi connectivity index (χ1v) is 5.36. The van der Waals surface area contributed by atoms with Crippen LogP contribution in [0.3, 0.4) is 0 Å². The van der Waals surface area contributed by atoms with Crippen LogP contribution in [0.15, 0.2) is 0 Å². The summed E-state index contributed by atoms with van der Waals surface area (Å²) in [5, 5.41) is 11.6. The Morgan fingerprint density at radius 3 is 2.75 bits per heavy atom. The zero-order valence-corrected chi connectivity index (χ0v) is 9.31. The Hall–Kier alpha value is -1.14. The fourth-order valence-corrected chi connectivity index (χ4v) is 2.01. The summed E-state index contributed by atoms with van der Waals surface area (Å²) in [5.41, 5.74) is 5.35. The quantitative estimate of drug-likeness (QED) is 0.581. The zero-order chi connectivity index (χ0) is 12.1. The number of carboxylic acids is 1. The molecule has 1 fully saturated rings. The van der Waals surface area contributed by atoms with Gasteiger partial charge in [-0.25, -0.2) is 0 Å². The van der Waals surface area contributed by atoms with Crippen molar-refractivity contribution in [2.75, 3.05) is 13.7 Å². The van der Waals surface area contributed by atoms with E-state index in [-0.39, 0.29) is 18.5 Å². The Morgan fingerprint density at radius 1 is 1.56 bits per heavy atom. The van der Waals surface area contributed by atoms with Crippen LogP contribution in [0.5, 0.6) is 0 Å². The van der Waals surface area contributed by atoms with Crippen LogP contribution in [0.25, 0.3) is 0 Å². The molecule has 16 heavy (non-hydrogen) atoms.